The molecule has 0 amide bonds. The average Bonchev–Trinajstić information content (AvgIpc) is 2.79. The van der Waals surface area contributed by atoms with Crippen molar-refractivity contribution in [3.63, 3.8) is 0 Å². The summed E-state index contributed by atoms with van der Waals surface area (Å²) in [5, 5.41) is 9.63. The summed E-state index contributed by atoms with van der Waals surface area (Å²) in [6.07, 6.45) is 7.76. The molecule has 0 aliphatic carbocycles. The van der Waals surface area contributed by atoms with Crippen molar-refractivity contribution in [3.05, 3.63) is 53.1 Å². The zero-order valence-corrected chi connectivity index (χ0v) is 18.9. The third-order valence-electron chi connectivity index (χ3n) is 6.21. The van der Waals surface area contributed by atoms with Gasteiger partial charge >= 0.3 is 5.97 Å². The zero-order chi connectivity index (χ0) is 22.3. The second-order valence-corrected chi connectivity index (χ2v) is 8.58. The first-order valence-corrected chi connectivity index (χ1v) is 11.8. The van der Waals surface area contributed by atoms with E-state index < -0.39 is 5.97 Å². The van der Waals surface area contributed by atoms with E-state index in [0.717, 1.165) is 74.2 Å². The summed E-state index contributed by atoms with van der Waals surface area (Å²) in [5.74, 6) is 0.0215. The largest absolute Gasteiger partial charge is 0.491 e. The van der Waals surface area contributed by atoms with Crippen LogP contribution in [-0.4, -0.2) is 44.0 Å². The Morgan fingerprint density at radius 2 is 1.78 bits per heavy atom. The molecule has 0 saturated heterocycles. The quantitative estimate of drug-likeness (QED) is 0.522. The Labute approximate surface area is 190 Å². The number of unbranched alkanes of at least 4 members (excludes halogenated alkanes) is 1. The molecule has 2 aliphatic rings. The highest BCUT2D eigenvalue weighted by Gasteiger charge is 2.23. The standard InChI is InChI=1S/C27H33NO4/c1-2-3-14-31-15-16-32-25-10-8-20(9-11-25)23-17-21-6-4-12-28-13-5-7-22(27(29)30)18-24(19-23)26(21)28/h8-11,17-19H,2-7,12-16H2,1H3,(H,29,30)/b22-18+. The molecule has 0 aromatic heterocycles. The van der Waals surface area contributed by atoms with Gasteiger partial charge in [0.1, 0.15) is 12.4 Å². The highest BCUT2D eigenvalue weighted by atomic mass is 16.5. The van der Waals surface area contributed by atoms with Gasteiger partial charge in [0.2, 0.25) is 0 Å². The van der Waals surface area contributed by atoms with Crippen LogP contribution in [0.2, 0.25) is 0 Å². The number of carboxylic acids is 1. The van der Waals surface area contributed by atoms with Crippen LogP contribution in [0.3, 0.4) is 0 Å². The van der Waals surface area contributed by atoms with Crippen molar-refractivity contribution in [2.45, 2.75) is 45.4 Å². The van der Waals surface area contributed by atoms with Crippen molar-refractivity contribution >= 4 is 17.7 Å². The maximum absolute atomic E-state index is 11.7. The van der Waals surface area contributed by atoms with E-state index in [9.17, 15) is 9.90 Å². The smallest absolute Gasteiger partial charge is 0.331 e. The van der Waals surface area contributed by atoms with Gasteiger partial charge in [-0.1, -0.05) is 25.5 Å². The molecule has 0 spiro atoms. The Kier molecular flexibility index (Phi) is 7.48. The van der Waals surface area contributed by atoms with E-state index in [0.29, 0.717) is 25.2 Å². The highest BCUT2D eigenvalue weighted by Crippen LogP contribution is 2.38. The van der Waals surface area contributed by atoms with E-state index in [1.165, 1.54) is 11.3 Å². The summed E-state index contributed by atoms with van der Waals surface area (Å²) in [6, 6.07) is 12.6. The molecule has 32 heavy (non-hydrogen) atoms. The van der Waals surface area contributed by atoms with Gasteiger partial charge in [0, 0.05) is 31.0 Å². The van der Waals surface area contributed by atoms with Gasteiger partial charge in [-0.2, -0.15) is 0 Å². The molecule has 2 aromatic carbocycles. The van der Waals surface area contributed by atoms with Gasteiger partial charge in [0.15, 0.2) is 0 Å². The normalized spacial score (nSPS) is 17.0. The molecular weight excluding hydrogens is 402 g/mol. The van der Waals surface area contributed by atoms with Crippen LogP contribution in [0, 0.1) is 0 Å². The van der Waals surface area contributed by atoms with Crippen LogP contribution < -0.4 is 9.64 Å². The minimum Gasteiger partial charge on any atom is -0.491 e. The first kappa shape index (κ1) is 22.4. The van der Waals surface area contributed by atoms with Crippen molar-refractivity contribution in [1.82, 2.24) is 0 Å². The molecule has 4 rings (SSSR count). The number of ether oxygens (including phenoxy) is 2. The molecule has 2 aromatic rings. The Morgan fingerprint density at radius 1 is 1.00 bits per heavy atom. The predicted molar refractivity (Wildman–Crippen MR) is 128 cm³/mol. The van der Waals surface area contributed by atoms with E-state index in [4.69, 9.17) is 9.47 Å². The first-order valence-electron chi connectivity index (χ1n) is 11.8. The molecule has 0 saturated carbocycles. The number of hydrogen-bond donors (Lipinski definition) is 1. The Balaban J connectivity index is 1.55. The average molecular weight is 436 g/mol. The number of aliphatic carboxylic acids is 1. The number of rotatable bonds is 9. The minimum atomic E-state index is -0.811. The van der Waals surface area contributed by atoms with Gasteiger partial charge in [-0.05, 0) is 84.7 Å². The Hall–Kier alpha value is -2.79. The lowest BCUT2D eigenvalue weighted by Gasteiger charge is -2.34. The Bertz CT molecular complexity index is 964. The summed E-state index contributed by atoms with van der Waals surface area (Å²) < 4.78 is 11.3. The van der Waals surface area contributed by atoms with Gasteiger partial charge < -0.3 is 19.5 Å². The van der Waals surface area contributed by atoms with Crippen molar-refractivity contribution in [2.75, 3.05) is 37.8 Å². The molecule has 0 atom stereocenters. The van der Waals surface area contributed by atoms with Gasteiger partial charge in [-0.3, -0.25) is 0 Å². The van der Waals surface area contributed by atoms with Gasteiger partial charge in [-0.15, -0.1) is 0 Å². The number of hydrogen-bond acceptors (Lipinski definition) is 4. The van der Waals surface area contributed by atoms with Crippen LogP contribution in [0.15, 0.2) is 42.0 Å². The number of benzene rings is 2. The minimum absolute atomic E-state index is 0.500. The van der Waals surface area contributed by atoms with Crippen LogP contribution in [0.25, 0.3) is 17.2 Å². The van der Waals surface area contributed by atoms with Crippen molar-refractivity contribution < 1.29 is 19.4 Å². The molecule has 170 valence electrons. The lowest BCUT2D eigenvalue weighted by molar-refractivity contribution is -0.132. The van der Waals surface area contributed by atoms with Crippen molar-refractivity contribution in [3.8, 4) is 16.9 Å². The topological polar surface area (TPSA) is 59.0 Å². The van der Waals surface area contributed by atoms with Crippen molar-refractivity contribution in [1.29, 1.82) is 0 Å². The van der Waals surface area contributed by atoms with E-state index in [-0.39, 0.29) is 0 Å². The number of anilines is 1. The lowest BCUT2D eigenvalue weighted by Crippen LogP contribution is -2.32. The summed E-state index contributed by atoms with van der Waals surface area (Å²) in [4.78, 5) is 14.2. The molecule has 2 aliphatic heterocycles. The number of nitrogens with zero attached hydrogens (tertiary/aromatic N) is 1. The van der Waals surface area contributed by atoms with E-state index in [2.05, 4.69) is 36.1 Å². The van der Waals surface area contributed by atoms with Crippen LogP contribution in [0.5, 0.6) is 5.75 Å². The third-order valence-corrected chi connectivity index (χ3v) is 6.21. The Morgan fingerprint density at radius 3 is 2.53 bits per heavy atom. The fourth-order valence-corrected chi connectivity index (χ4v) is 4.57. The van der Waals surface area contributed by atoms with Gasteiger partial charge in [0.05, 0.1) is 6.61 Å². The maximum atomic E-state index is 11.7. The van der Waals surface area contributed by atoms with E-state index in [1.807, 2.05) is 18.2 Å². The van der Waals surface area contributed by atoms with Crippen LogP contribution in [-0.2, 0) is 16.0 Å². The fourth-order valence-electron chi connectivity index (χ4n) is 4.57. The predicted octanol–water partition coefficient (Wildman–Crippen LogP) is 5.56. The molecule has 0 unspecified atom stereocenters. The van der Waals surface area contributed by atoms with E-state index in [1.54, 1.807) is 0 Å². The third kappa shape index (κ3) is 5.33. The summed E-state index contributed by atoms with van der Waals surface area (Å²) >= 11 is 0. The lowest BCUT2D eigenvalue weighted by atomic mass is 9.90. The maximum Gasteiger partial charge on any atom is 0.331 e. The summed E-state index contributed by atoms with van der Waals surface area (Å²) in [7, 11) is 0. The number of carbonyl (C=O) groups is 1. The molecule has 5 heteroatoms. The molecular formula is C27H33NO4. The monoisotopic (exact) mass is 435 g/mol. The van der Waals surface area contributed by atoms with Crippen molar-refractivity contribution in [2.24, 2.45) is 0 Å². The highest BCUT2D eigenvalue weighted by molar-refractivity contribution is 5.94. The van der Waals surface area contributed by atoms with Gasteiger partial charge in [0.25, 0.3) is 0 Å². The first-order chi connectivity index (χ1) is 15.7. The zero-order valence-electron chi connectivity index (χ0n) is 18.9. The second-order valence-electron chi connectivity index (χ2n) is 8.58. The number of aryl methyl sites for hydroxylation is 1. The second kappa shape index (κ2) is 10.7. The molecule has 0 bridgehead atoms. The van der Waals surface area contributed by atoms with Crippen LogP contribution >= 0.6 is 0 Å². The SMILES string of the molecule is CCCCOCCOc1ccc(-c2cc3c4c(c2)CCCN4CCC/C(C(=O)O)=C\3)cc1. The van der Waals surface area contributed by atoms with Gasteiger partial charge in [-0.25, -0.2) is 4.79 Å². The fraction of sp³-hybridized carbons (Fsp3) is 0.444. The molecule has 2 heterocycles. The van der Waals surface area contributed by atoms with Crippen LogP contribution in [0.4, 0.5) is 5.69 Å². The van der Waals surface area contributed by atoms with E-state index >= 15 is 0 Å². The summed E-state index contributed by atoms with van der Waals surface area (Å²) in [5.41, 5.74) is 6.30. The molecule has 5 nitrogen and oxygen atoms in total. The van der Waals surface area contributed by atoms with Crippen LogP contribution in [0.1, 0.15) is 50.2 Å². The molecule has 1 N–H and O–H groups in total. The summed E-state index contributed by atoms with van der Waals surface area (Å²) in [6.45, 7) is 6.05. The molecule has 0 fully saturated rings. The molecule has 0 radical (unpaired) electrons. The number of carboxylic acid groups (broad SMARTS) is 1.